The smallest absolute Gasteiger partial charge is 0.313 e. The second-order valence-corrected chi connectivity index (χ2v) is 1.93. The van der Waals surface area contributed by atoms with Crippen LogP contribution in [0.25, 0.3) is 0 Å². The molecule has 64 valence electrons. The monoisotopic (exact) mass is 162 g/mol. The van der Waals surface area contributed by atoms with Gasteiger partial charge in [-0.1, -0.05) is 0 Å². The first-order valence-corrected chi connectivity index (χ1v) is 3.08. The van der Waals surface area contributed by atoms with Crippen molar-refractivity contribution in [3.05, 3.63) is 0 Å². The Kier molecular flexibility index (Phi) is 5.32. The molecule has 0 amide bonds. The number of ether oxygens (including phenoxy) is 1. The summed E-state index contributed by atoms with van der Waals surface area (Å²) >= 11 is 0. The van der Waals surface area contributed by atoms with Crippen molar-refractivity contribution in [3.63, 3.8) is 0 Å². The predicted octanol–water partition coefficient (Wildman–Crippen LogP) is -0.00170. The lowest BCUT2D eigenvalue weighted by atomic mass is 10.3. The second kappa shape index (κ2) is 5.82. The quantitative estimate of drug-likeness (QED) is 0.202. The number of Topliss-reactive ketones (excluding diaryl/α,β-unsaturated/α-hetero) is 1. The van der Waals surface area contributed by atoms with Crippen molar-refractivity contribution in [2.45, 2.75) is 13.3 Å². The van der Waals surface area contributed by atoms with Crippen LogP contribution in [0.5, 0.6) is 0 Å². The topological polar surface area (TPSA) is 72.8 Å². The van der Waals surface area contributed by atoms with E-state index in [2.05, 4.69) is 9.62 Å². The Morgan fingerprint density at radius 3 is 2.45 bits per heavy atom. The van der Waals surface area contributed by atoms with Crippen LogP contribution in [0.2, 0.25) is 0 Å². The molecule has 0 aromatic rings. The lowest BCUT2D eigenvalue weighted by Crippen LogP contribution is -2.12. The number of carbonyl (C=O) groups is 2. The molecule has 0 fully saturated rings. The van der Waals surface area contributed by atoms with E-state index >= 15 is 0 Å². The molecule has 1 N–H and O–H groups in total. The van der Waals surface area contributed by atoms with E-state index < -0.39 is 5.97 Å². The molecule has 0 aliphatic carbocycles. The Labute approximate surface area is 63.8 Å². The van der Waals surface area contributed by atoms with Crippen LogP contribution < -0.4 is 0 Å². The average molecular weight is 162 g/mol. The lowest BCUT2D eigenvalue weighted by molar-refractivity contribution is -0.248. The van der Waals surface area contributed by atoms with Gasteiger partial charge in [0.1, 0.15) is 25.4 Å². The average Bonchev–Trinajstić information content (AvgIpc) is 1.86. The highest BCUT2D eigenvalue weighted by Crippen LogP contribution is 1.87. The Bertz CT molecular complexity index is 142. The van der Waals surface area contributed by atoms with E-state index in [9.17, 15) is 9.59 Å². The van der Waals surface area contributed by atoms with Crippen LogP contribution in [0.3, 0.4) is 0 Å². The van der Waals surface area contributed by atoms with Gasteiger partial charge in [0.2, 0.25) is 0 Å². The van der Waals surface area contributed by atoms with Gasteiger partial charge in [-0.15, -0.1) is 0 Å². The van der Waals surface area contributed by atoms with Crippen molar-refractivity contribution in [2.75, 3.05) is 13.2 Å². The molecule has 0 saturated heterocycles. The molecule has 0 aliphatic rings. The summed E-state index contributed by atoms with van der Waals surface area (Å²) in [5.74, 6) is -0.852. The molecule has 0 saturated carbocycles. The maximum absolute atomic E-state index is 10.5. The molecule has 0 atom stereocenters. The van der Waals surface area contributed by atoms with Gasteiger partial charge >= 0.3 is 5.97 Å². The second-order valence-electron chi connectivity index (χ2n) is 1.93. The van der Waals surface area contributed by atoms with E-state index in [-0.39, 0.29) is 25.4 Å². The molecule has 0 heterocycles. The predicted molar refractivity (Wildman–Crippen MR) is 34.8 cm³/mol. The van der Waals surface area contributed by atoms with E-state index in [1.807, 2.05) is 0 Å². The van der Waals surface area contributed by atoms with Crippen molar-refractivity contribution in [1.29, 1.82) is 0 Å². The van der Waals surface area contributed by atoms with Crippen LogP contribution >= 0.6 is 0 Å². The van der Waals surface area contributed by atoms with E-state index in [1.165, 1.54) is 6.92 Å². The van der Waals surface area contributed by atoms with Crippen molar-refractivity contribution < 1.29 is 24.5 Å². The Morgan fingerprint density at radius 2 is 2.00 bits per heavy atom. The fourth-order valence-electron chi connectivity index (χ4n) is 0.447. The normalized spacial score (nSPS) is 9.27. The number of carbonyl (C=O) groups excluding carboxylic acids is 2. The SMILES string of the molecule is CC(=O)CC(=O)OCCOO. The van der Waals surface area contributed by atoms with Crippen LogP contribution in [0, 0.1) is 0 Å². The fraction of sp³-hybridized carbons (Fsp3) is 0.667. The minimum atomic E-state index is -0.602. The molecule has 0 bridgehead atoms. The van der Waals surface area contributed by atoms with Crippen LogP contribution in [-0.4, -0.2) is 30.2 Å². The number of hydrogen-bond donors (Lipinski definition) is 1. The molecule has 11 heavy (non-hydrogen) atoms. The van der Waals surface area contributed by atoms with Gasteiger partial charge in [0.05, 0.1) is 0 Å². The zero-order chi connectivity index (χ0) is 8.69. The zero-order valence-corrected chi connectivity index (χ0v) is 6.20. The summed E-state index contributed by atoms with van der Waals surface area (Å²) < 4.78 is 4.45. The van der Waals surface area contributed by atoms with Gasteiger partial charge in [0.25, 0.3) is 0 Å². The van der Waals surface area contributed by atoms with Gasteiger partial charge in [-0.25, -0.2) is 4.89 Å². The maximum Gasteiger partial charge on any atom is 0.313 e. The molecule has 0 aromatic carbocycles. The summed E-state index contributed by atoms with van der Waals surface area (Å²) in [7, 11) is 0. The van der Waals surface area contributed by atoms with Crippen molar-refractivity contribution in [1.82, 2.24) is 0 Å². The molecule has 0 spiro atoms. The molecule has 0 radical (unpaired) electrons. The van der Waals surface area contributed by atoms with Crippen LogP contribution in [-0.2, 0) is 19.2 Å². The standard InChI is InChI=1S/C6H10O5/c1-5(7)4-6(8)10-2-3-11-9/h9H,2-4H2,1H3. The van der Waals surface area contributed by atoms with E-state index in [1.54, 1.807) is 0 Å². The zero-order valence-electron chi connectivity index (χ0n) is 6.20. The minimum Gasteiger partial charge on any atom is -0.463 e. The summed E-state index contributed by atoms with van der Waals surface area (Å²) in [5, 5.41) is 7.80. The maximum atomic E-state index is 10.5. The molecule has 0 unspecified atom stereocenters. The van der Waals surface area contributed by atoms with Gasteiger partial charge < -0.3 is 4.74 Å². The number of esters is 1. The van der Waals surface area contributed by atoms with Crippen molar-refractivity contribution >= 4 is 11.8 Å². The number of hydrogen-bond acceptors (Lipinski definition) is 5. The van der Waals surface area contributed by atoms with Gasteiger partial charge in [-0.05, 0) is 6.92 Å². The first-order chi connectivity index (χ1) is 5.16. The number of rotatable bonds is 5. The molecule has 0 aliphatic heterocycles. The third-order valence-corrected chi connectivity index (χ3v) is 0.831. The van der Waals surface area contributed by atoms with Crippen molar-refractivity contribution in [3.8, 4) is 0 Å². The minimum absolute atomic E-state index is 0.0391. The van der Waals surface area contributed by atoms with E-state index in [4.69, 9.17) is 5.26 Å². The highest BCUT2D eigenvalue weighted by Gasteiger charge is 2.04. The van der Waals surface area contributed by atoms with Crippen LogP contribution in [0.4, 0.5) is 0 Å². The number of ketones is 1. The largest absolute Gasteiger partial charge is 0.463 e. The van der Waals surface area contributed by atoms with Gasteiger partial charge in [0, 0.05) is 0 Å². The third kappa shape index (κ3) is 6.95. The Balaban J connectivity index is 3.30. The van der Waals surface area contributed by atoms with Gasteiger partial charge in [-0.2, -0.15) is 0 Å². The first kappa shape index (κ1) is 10.1. The van der Waals surface area contributed by atoms with Gasteiger partial charge in [0.15, 0.2) is 0 Å². The van der Waals surface area contributed by atoms with E-state index in [0.29, 0.717) is 0 Å². The highest BCUT2D eigenvalue weighted by atomic mass is 17.1. The molecule has 5 heteroatoms. The summed E-state index contributed by atoms with van der Waals surface area (Å²) in [4.78, 5) is 24.5. The Hall–Kier alpha value is -0.940. The molecule has 0 aromatic heterocycles. The van der Waals surface area contributed by atoms with Gasteiger partial charge in [-0.3, -0.25) is 14.8 Å². The highest BCUT2D eigenvalue weighted by molar-refractivity contribution is 5.94. The molecule has 0 rings (SSSR count). The first-order valence-electron chi connectivity index (χ1n) is 3.08. The lowest BCUT2D eigenvalue weighted by Gasteiger charge is -1.99. The summed E-state index contributed by atoms with van der Waals surface area (Å²) in [5.41, 5.74) is 0. The molecule has 5 nitrogen and oxygen atoms in total. The summed E-state index contributed by atoms with van der Waals surface area (Å²) in [6.07, 6.45) is -0.231. The van der Waals surface area contributed by atoms with Crippen LogP contribution in [0.1, 0.15) is 13.3 Å². The molecular weight excluding hydrogens is 152 g/mol. The summed E-state index contributed by atoms with van der Waals surface area (Å²) in [6, 6.07) is 0. The van der Waals surface area contributed by atoms with E-state index in [0.717, 1.165) is 0 Å². The molecular formula is C6H10O5. The van der Waals surface area contributed by atoms with Crippen LogP contribution in [0.15, 0.2) is 0 Å². The third-order valence-electron chi connectivity index (χ3n) is 0.831. The Morgan fingerprint density at radius 1 is 1.36 bits per heavy atom. The summed E-state index contributed by atoms with van der Waals surface area (Å²) in [6.45, 7) is 1.18. The fourth-order valence-corrected chi connectivity index (χ4v) is 0.447. The van der Waals surface area contributed by atoms with Crippen molar-refractivity contribution in [2.24, 2.45) is 0 Å².